The Labute approximate surface area is 145 Å². The second-order valence-electron chi connectivity index (χ2n) is 4.69. The van der Waals surface area contributed by atoms with Crippen LogP contribution >= 0.6 is 15.9 Å². The quantitative estimate of drug-likeness (QED) is 0.536. The third-order valence-electron chi connectivity index (χ3n) is 2.88. The van der Waals surface area contributed by atoms with Gasteiger partial charge in [0.2, 0.25) is 0 Å². The molecule has 124 valence electrons. The van der Waals surface area contributed by atoms with Crippen molar-refractivity contribution in [3.05, 3.63) is 63.9 Å². The van der Waals surface area contributed by atoms with Gasteiger partial charge in [-0.15, -0.1) is 0 Å². The molecule has 0 bridgehead atoms. The molecule has 0 saturated carbocycles. The monoisotopic (exact) mass is 393 g/mol. The van der Waals surface area contributed by atoms with Crippen LogP contribution in [0.5, 0.6) is 5.75 Å². The minimum Gasteiger partial charge on any atom is -0.507 e. The Morgan fingerprint density at radius 2 is 2.04 bits per heavy atom. The molecule has 2 rings (SSSR count). The molecule has 0 radical (unpaired) electrons. The first kappa shape index (κ1) is 17.6. The summed E-state index contributed by atoms with van der Waals surface area (Å²) in [5.41, 5.74) is 2.74. The van der Waals surface area contributed by atoms with Crippen molar-refractivity contribution in [3.8, 4) is 5.75 Å². The first-order chi connectivity index (χ1) is 11.5. The third-order valence-corrected chi connectivity index (χ3v) is 3.37. The lowest BCUT2D eigenvalue weighted by atomic mass is 10.2. The van der Waals surface area contributed by atoms with Crippen LogP contribution in [0.25, 0.3) is 0 Å². The Morgan fingerprint density at radius 3 is 2.79 bits per heavy atom. The summed E-state index contributed by atoms with van der Waals surface area (Å²) >= 11 is 3.25. The van der Waals surface area contributed by atoms with E-state index in [1.807, 2.05) is 0 Å². The summed E-state index contributed by atoms with van der Waals surface area (Å²) in [6.07, 6.45) is 1.27. The van der Waals surface area contributed by atoms with E-state index in [1.54, 1.807) is 12.1 Å². The maximum absolute atomic E-state index is 13.0. The van der Waals surface area contributed by atoms with Gasteiger partial charge in [-0.3, -0.25) is 9.59 Å². The zero-order valence-corrected chi connectivity index (χ0v) is 13.9. The predicted octanol–water partition coefficient (Wildman–Crippen LogP) is 2.17. The van der Waals surface area contributed by atoms with Gasteiger partial charge in [-0.05, 0) is 36.4 Å². The minimum atomic E-state index is -0.571. The molecule has 0 saturated heterocycles. The molecule has 2 aromatic carbocycles. The first-order valence-electron chi connectivity index (χ1n) is 6.80. The van der Waals surface area contributed by atoms with Gasteiger partial charge in [0.25, 0.3) is 11.8 Å². The molecule has 0 heterocycles. The van der Waals surface area contributed by atoms with E-state index < -0.39 is 17.6 Å². The normalized spacial score (nSPS) is 10.6. The smallest absolute Gasteiger partial charge is 0.259 e. The number of amides is 2. The summed E-state index contributed by atoms with van der Waals surface area (Å²) in [5, 5.41) is 15.7. The van der Waals surface area contributed by atoms with Crippen LogP contribution in [0.4, 0.5) is 4.39 Å². The first-order valence-corrected chi connectivity index (χ1v) is 7.59. The lowest BCUT2D eigenvalue weighted by Gasteiger charge is -2.04. The number of phenols is 1. The standard InChI is InChI=1S/C16H13BrFN3O3/c17-12-4-5-14(22)11(6-12)8-20-21-15(23)9-19-16(24)10-2-1-3-13(18)7-10/h1-8,22H,9H2,(H,19,24)(H,21,23). The van der Waals surface area contributed by atoms with Gasteiger partial charge in [0.15, 0.2) is 0 Å². The molecular formula is C16H13BrFN3O3. The fourth-order valence-electron chi connectivity index (χ4n) is 1.73. The maximum Gasteiger partial charge on any atom is 0.259 e. The number of aromatic hydroxyl groups is 1. The molecule has 0 aliphatic heterocycles. The Bertz CT molecular complexity index is 796. The number of halogens is 2. The number of rotatable bonds is 5. The molecule has 0 aromatic heterocycles. The number of phenolic OH excluding ortho intramolecular Hbond substituents is 1. The molecule has 0 unspecified atom stereocenters. The summed E-state index contributed by atoms with van der Waals surface area (Å²) in [5.74, 6) is -1.66. The number of hydrogen-bond acceptors (Lipinski definition) is 4. The second-order valence-corrected chi connectivity index (χ2v) is 5.61. The summed E-state index contributed by atoms with van der Waals surface area (Å²) in [4.78, 5) is 23.3. The lowest BCUT2D eigenvalue weighted by molar-refractivity contribution is -0.120. The summed E-state index contributed by atoms with van der Waals surface area (Å²) in [6, 6.07) is 9.89. The Kier molecular flexibility index (Phi) is 6.02. The molecule has 0 aliphatic rings. The van der Waals surface area contributed by atoms with E-state index in [0.717, 1.165) is 10.5 Å². The molecular weight excluding hydrogens is 381 g/mol. The predicted molar refractivity (Wildman–Crippen MR) is 90.3 cm³/mol. The van der Waals surface area contributed by atoms with Crippen LogP contribution in [-0.4, -0.2) is 29.7 Å². The number of hydrogen-bond donors (Lipinski definition) is 3. The summed E-state index contributed by atoms with van der Waals surface area (Å²) in [6.45, 7) is -0.322. The fraction of sp³-hybridized carbons (Fsp3) is 0.0625. The minimum absolute atomic E-state index is 0.00982. The van der Waals surface area contributed by atoms with Crippen molar-refractivity contribution < 1.29 is 19.1 Å². The van der Waals surface area contributed by atoms with E-state index >= 15 is 0 Å². The average Bonchev–Trinajstić information content (AvgIpc) is 2.56. The molecule has 0 aliphatic carbocycles. The number of benzene rings is 2. The van der Waals surface area contributed by atoms with Crippen molar-refractivity contribution in [2.45, 2.75) is 0 Å². The van der Waals surface area contributed by atoms with Crippen LogP contribution in [0.3, 0.4) is 0 Å². The molecule has 2 aromatic rings. The van der Waals surface area contributed by atoms with E-state index in [0.29, 0.717) is 5.56 Å². The Balaban J connectivity index is 1.84. The van der Waals surface area contributed by atoms with Crippen LogP contribution in [0.2, 0.25) is 0 Å². The van der Waals surface area contributed by atoms with Gasteiger partial charge >= 0.3 is 0 Å². The number of carbonyl (C=O) groups excluding carboxylic acids is 2. The molecule has 6 nitrogen and oxygen atoms in total. The van der Waals surface area contributed by atoms with E-state index in [9.17, 15) is 19.1 Å². The van der Waals surface area contributed by atoms with Crippen LogP contribution in [-0.2, 0) is 4.79 Å². The van der Waals surface area contributed by atoms with Crippen molar-refractivity contribution in [2.75, 3.05) is 6.54 Å². The van der Waals surface area contributed by atoms with Gasteiger partial charge in [-0.25, -0.2) is 9.82 Å². The van der Waals surface area contributed by atoms with E-state index in [2.05, 4.69) is 31.8 Å². The van der Waals surface area contributed by atoms with Gasteiger partial charge in [-0.2, -0.15) is 5.10 Å². The fourth-order valence-corrected chi connectivity index (χ4v) is 2.11. The SMILES string of the molecule is O=C(CNC(=O)c1cccc(F)c1)NN=Cc1cc(Br)ccc1O. The number of nitrogens with one attached hydrogen (secondary N) is 2. The molecule has 2 amide bonds. The molecule has 0 atom stereocenters. The highest BCUT2D eigenvalue weighted by atomic mass is 79.9. The highest BCUT2D eigenvalue weighted by molar-refractivity contribution is 9.10. The molecule has 3 N–H and O–H groups in total. The zero-order chi connectivity index (χ0) is 17.5. The number of hydrazone groups is 1. The van der Waals surface area contributed by atoms with Crippen LogP contribution in [0.1, 0.15) is 15.9 Å². The summed E-state index contributed by atoms with van der Waals surface area (Å²) < 4.78 is 13.8. The van der Waals surface area contributed by atoms with Crippen LogP contribution < -0.4 is 10.7 Å². The van der Waals surface area contributed by atoms with E-state index in [1.165, 1.54) is 30.5 Å². The number of nitrogens with zero attached hydrogens (tertiary/aromatic N) is 1. The van der Waals surface area contributed by atoms with Gasteiger partial charge in [0, 0.05) is 15.6 Å². The molecule has 0 spiro atoms. The largest absolute Gasteiger partial charge is 0.507 e. The average molecular weight is 394 g/mol. The Morgan fingerprint density at radius 1 is 1.25 bits per heavy atom. The topological polar surface area (TPSA) is 90.8 Å². The van der Waals surface area contributed by atoms with Gasteiger partial charge in [0.1, 0.15) is 11.6 Å². The lowest BCUT2D eigenvalue weighted by Crippen LogP contribution is -2.34. The van der Waals surface area contributed by atoms with Crippen molar-refractivity contribution >= 4 is 34.0 Å². The highest BCUT2D eigenvalue weighted by Crippen LogP contribution is 2.19. The van der Waals surface area contributed by atoms with Crippen LogP contribution in [0.15, 0.2) is 52.0 Å². The maximum atomic E-state index is 13.0. The van der Waals surface area contributed by atoms with E-state index in [4.69, 9.17) is 0 Å². The van der Waals surface area contributed by atoms with Crippen molar-refractivity contribution in [1.82, 2.24) is 10.7 Å². The number of carbonyl (C=O) groups is 2. The second kappa shape index (κ2) is 8.21. The van der Waals surface area contributed by atoms with Crippen molar-refractivity contribution in [3.63, 3.8) is 0 Å². The summed E-state index contributed by atoms with van der Waals surface area (Å²) in [7, 11) is 0. The van der Waals surface area contributed by atoms with Crippen molar-refractivity contribution in [1.29, 1.82) is 0 Å². The van der Waals surface area contributed by atoms with Crippen molar-refractivity contribution in [2.24, 2.45) is 5.10 Å². The van der Waals surface area contributed by atoms with E-state index in [-0.39, 0.29) is 17.9 Å². The van der Waals surface area contributed by atoms with Gasteiger partial charge in [-0.1, -0.05) is 22.0 Å². The molecule has 24 heavy (non-hydrogen) atoms. The van der Waals surface area contributed by atoms with Gasteiger partial charge < -0.3 is 10.4 Å². The third kappa shape index (κ3) is 5.17. The Hall–Kier alpha value is -2.74. The van der Waals surface area contributed by atoms with Gasteiger partial charge in [0.05, 0.1) is 12.8 Å². The molecule has 0 fully saturated rings. The zero-order valence-electron chi connectivity index (χ0n) is 12.3. The molecule has 8 heteroatoms. The highest BCUT2D eigenvalue weighted by Gasteiger charge is 2.08. The van der Waals surface area contributed by atoms with Crippen LogP contribution in [0, 0.1) is 5.82 Å².